The average Bonchev–Trinajstić information content (AvgIpc) is 3.62. The van der Waals surface area contributed by atoms with Gasteiger partial charge in [-0.15, -0.1) is 0 Å². The van der Waals surface area contributed by atoms with Crippen LogP contribution in [0.25, 0.3) is 0 Å². The summed E-state index contributed by atoms with van der Waals surface area (Å²) in [7, 11) is 1.40. The van der Waals surface area contributed by atoms with Gasteiger partial charge < -0.3 is 64.2 Å². The highest BCUT2D eigenvalue weighted by Crippen LogP contribution is 2.68. The highest BCUT2D eigenvalue weighted by atomic mass is 16.7. The van der Waals surface area contributed by atoms with Gasteiger partial charge in [-0.1, -0.05) is 6.92 Å². The third-order valence-corrected chi connectivity index (χ3v) is 13.9. The zero-order chi connectivity index (χ0) is 35.0. The molecule has 18 atom stereocenters. The molecule has 0 aromatic rings. The number of carbonyl (C=O) groups excluding carboxylic acids is 1. The summed E-state index contributed by atoms with van der Waals surface area (Å²) in [5.74, 6) is -0.352. The van der Waals surface area contributed by atoms with Crippen LogP contribution in [0.5, 0.6) is 0 Å². The summed E-state index contributed by atoms with van der Waals surface area (Å²) in [6.07, 6.45) is -4.86. The number of ether oxygens (including phenoxy) is 6. The standard InChI is InChI=1S/C35H54O14/c1-16-29(49-31-27(40)26(39)25(38)23(14-36)48-31)30(44-3)28(41)32(46-16)47-19-6-10-34(42)18(13-19)4-5-22-21(34)7-9-33(2)20(8-11-35(22,33)43)17-12-24(37)45-15-17/h12,16,18-23,25-32,36,38-43H,4-11,13-15H2,1-3H3/t16-,18+,19-,20+,21-,22+,23-,25-,26+,27-,28-,29-,30-,31+,32-,33+,34+,35-/m0/s1. The molecule has 0 radical (unpaired) electrons. The number of rotatable bonds is 7. The highest BCUT2D eigenvalue weighted by Gasteiger charge is 2.68. The van der Waals surface area contributed by atoms with E-state index in [0.717, 1.165) is 37.7 Å². The van der Waals surface area contributed by atoms with Crippen LogP contribution in [0.3, 0.4) is 0 Å². The van der Waals surface area contributed by atoms with Crippen molar-refractivity contribution in [3.05, 3.63) is 11.6 Å². The smallest absolute Gasteiger partial charge is 0.331 e. The van der Waals surface area contributed by atoms with Crippen molar-refractivity contribution in [3.63, 3.8) is 0 Å². The van der Waals surface area contributed by atoms with Gasteiger partial charge in [0.15, 0.2) is 12.6 Å². The molecule has 7 aliphatic rings. The van der Waals surface area contributed by atoms with E-state index in [-0.39, 0.29) is 41.2 Å². The summed E-state index contributed by atoms with van der Waals surface area (Å²) >= 11 is 0. The lowest BCUT2D eigenvalue weighted by Gasteiger charge is -2.62. The summed E-state index contributed by atoms with van der Waals surface area (Å²) in [5.41, 5.74) is -1.27. The molecule has 0 spiro atoms. The Labute approximate surface area is 286 Å². The molecule has 14 nitrogen and oxygen atoms in total. The first-order valence-corrected chi connectivity index (χ1v) is 18.1. The Morgan fingerprint density at radius 3 is 2.31 bits per heavy atom. The Morgan fingerprint density at radius 1 is 0.857 bits per heavy atom. The molecule has 0 aromatic heterocycles. The van der Waals surface area contributed by atoms with Crippen LogP contribution in [0, 0.1) is 29.1 Å². The number of carbonyl (C=O) groups is 1. The molecule has 0 unspecified atom stereocenters. The molecule has 4 aliphatic carbocycles. The predicted molar refractivity (Wildman–Crippen MR) is 167 cm³/mol. The number of aliphatic hydroxyl groups is 7. The predicted octanol–water partition coefficient (Wildman–Crippen LogP) is -0.341. The molecule has 7 N–H and O–H groups in total. The zero-order valence-electron chi connectivity index (χ0n) is 28.5. The van der Waals surface area contributed by atoms with E-state index >= 15 is 0 Å². The number of esters is 1. The number of aliphatic hydroxyl groups excluding tert-OH is 5. The van der Waals surface area contributed by atoms with E-state index in [1.165, 1.54) is 7.11 Å². The second kappa shape index (κ2) is 13.3. The molecule has 49 heavy (non-hydrogen) atoms. The van der Waals surface area contributed by atoms with Gasteiger partial charge in [0.1, 0.15) is 49.3 Å². The monoisotopic (exact) mass is 698 g/mol. The van der Waals surface area contributed by atoms with E-state index in [1.54, 1.807) is 13.0 Å². The second-order valence-electron chi connectivity index (χ2n) is 16.0. The average molecular weight is 699 g/mol. The fraction of sp³-hybridized carbons (Fsp3) is 0.914. The van der Waals surface area contributed by atoms with Gasteiger partial charge in [-0.05, 0) is 94.0 Å². The molecule has 3 aliphatic heterocycles. The molecule has 2 saturated heterocycles. The first kappa shape index (κ1) is 36.1. The largest absolute Gasteiger partial charge is 0.458 e. The molecule has 0 bridgehead atoms. The van der Waals surface area contributed by atoms with Crippen LogP contribution in [-0.4, -0.2) is 141 Å². The normalized spacial score (nSPS) is 54.4. The molecule has 278 valence electrons. The molecule has 7 rings (SSSR count). The van der Waals surface area contributed by atoms with Crippen LogP contribution < -0.4 is 0 Å². The SMILES string of the molecule is CO[C@H]1[C@H](O)[C@H](O[C@H]2CC[C@@]3(O)[C@H](CC[C@@H]4[C@@H]3CC[C@]3(C)[C@@H](C5=CC(=O)OC5)CC[C@]43O)C2)O[C@@H](C)[C@@H]1O[C@H]1O[C@@H](CO)[C@H](O)[C@@H](O)[C@@H]1O. The lowest BCUT2D eigenvalue weighted by molar-refractivity contribution is -0.362. The van der Waals surface area contributed by atoms with Gasteiger partial charge >= 0.3 is 5.97 Å². The Morgan fingerprint density at radius 2 is 1.61 bits per heavy atom. The molecule has 6 fully saturated rings. The third kappa shape index (κ3) is 5.73. The van der Waals surface area contributed by atoms with E-state index in [0.29, 0.717) is 32.3 Å². The maximum absolute atomic E-state index is 12.4. The van der Waals surface area contributed by atoms with Gasteiger partial charge in [0.25, 0.3) is 0 Å². The molecule has 14 heteroatoms. The minimum atomic E-state index is -1.62. The molecule has 3 heterocycles. The number of methoxy groups -OCH3 is 1. The summed E-state index contributed by atoms with van der Waals surface area (Å²) in [5, 5.41) is 76.5. The Balaban J connectivity index is 0.990. The highest BCUT2D eigenvalue weighted by molar-refractivity contribution is 5.85. The Hall–Kier alpha value is -1.27. The van der Waals surface area contributed by atoms with Crippen molar-refractivity contribution >= 4 is 5.97 Å². The maximum atomic E-state index is 12.4. The van der Waals surface area contributed by atoms with Gasteiger partial charge in [-0.25, -0.2) is 4.79 Å². The molecular weight excluding hydrogens is 644 g/mol. The van der Waals surface area contributed by atoms with Gasteiger partial charge in [0, 0.05) is 18.6 Å². The van der Waals surface area contributed by atoms with E-state index in [4.69, 9.17) is 28.4 Å². The quantitative estimate of drug-likeness (QED) is 0.134. The number of cyclic esters (lactones) is 1. The van der Waals surface area contributed by atoms with E-state index in [9.17, 15) is 40.5 Å². The first-order valence-electron chi connectivity index (χ1n) is 18.1. The van der Waals surface area contributed by atoms with Crippen LogP contribution in [0.2, 0.25) is 0 Å². The van der Waals surface area contributed by atoms with Crippen LogP contribution in [0.1, 0.15) is 71.6 Å². The lowest BCUT2D eigenvalue weighted by atomic mass is 9.46. The van der Waals surface area contributed by atoms with Crippen molar-refractivity contribution in [2.45, 2.75) is 150 Å². The number of fused-ring (bicyclic) bond motifs is 5. The van der Waals surface area contributed by atoms with Crippen LogP contribution in [-0.2, 0) is 33.2 Å². The van der Waals surface area contributed by atoms with Crippen molar-refractivity contribution in [2.75, 3.05) is 20.3 Å². The fourth-order valence-corrected chi connectivity index (χ4v) is 11.2. The van der Waals surface area contributed by atoms with E-state index < -0.39 is 79.2 Å². The summed E-state index contributed by atoms with van der Waals surface area (Å²) in [4.78, 5) is 11.9. The minimum absolute atomic E-state index is 0.0407. The lowest BCUT2D eigenvalue weighted by Crippen LogP contribution is -2.66. The van der Waals surface area contributed by atoms with Crippen molar-refractivity contribution < 1.29 is 69.0 Å². The summed E-state index contributed by atoms with van der Waals surface area (Å²) < 4.78 is 34.8. The molecule has 0 amide bonds. The minimum Gasteiger partial charge on any atom is -0.458 e. The van der Waals surface area contributed by atoms with Gasteiger partial charge in [0.05, 0.1) is 30.0 Å². The van der Waals surface area contributed by atoms with Crippen molar-refractivity contribution in [2.24, 2.45) is 29.1 Å². The van der Waals surface area contributed by atoms with Crippen molar-refractivity contribution in [3.8, 4) is 0 Å². The topological polar surface area (TPSA) is 214 Å². The molecular formula is C35H54O14. The summed E-state index contributed by atoms with van der Waals surface area (Å²) in [6.45, 7) is 3.55. The number of hydrogen-bond acceptors (Lipinski definition) is 14. The van der Waals surface area contributed by atoms with Gasteiger partial charge in [0.2, 0.25) is 0 Å². The van der Waals surface area contributed by atoms with Crippen LogP contribution >= 0.6 is 0 Å². The molecule has 0 aromatic carbocycles. The van der Waals surface area contributed by atoms with E-state index in [2.05, 4.69) is 6.92 Å². The Kier molecular flexibility index (Phi) is 9.80. The fourth-order valence-electron chi connectivity index (χ4n) is 11.2. The van der Waals surface area contributed by atoms with Crippen molar-refractivity contribution in [1.29, 1.82) is 0 Å². The zero-order valence-corrected chi connectivity index (χ0v) is 28.5. The number of hydrogen-bond donors (Lipinski definition) is 7. The second-order valence-corrected chi connectivity index (χ2v) is 16.0. The van der Waals surface area contributed by atoms with Crippen LogP contribution in [0.4, 0.5) is 0 Å². The first-order chi connectivity index (χ1) is 23.3. The maximum Gasteiger partial charge on any atom is 0.331 e. The Bertz CT molecular complexity index is 1260. The third-order valence-electron chi connectivity index (χ3n) is 13.9. The van der Waals surface area contributed by atoms with Crippen molar-refractivity contribution in [1.82, 2.24) is 0 Å². The van der Waals surface area contributed by atoms with Gasteiger partial charge in [-0.2, -0.15) is 0 Å². The van der Waals surface area contributed by atoms with E-state index in [1.807, 2.05) is 0 Å². The molecule has 4 saturated carbocycles. The van der Waals surface area contributed by atoms with Gasteiger partial charge in [-0.3, -0.25) is 0 Å². The summed E-state index contributed by atoms with van der Waals surface area (Å²) in [6, 6.07) is 0. The van der Waals surface area contributed by atoms with Crippen LogP contribution in [0.15, 0.2) is 11.6 Å².